The Labute approximate surface area is 133 Å². The predicted octanol–water partition coefficient (Wildman–Crippen LogP) is 1.48. The maximum Gasteiger partial charge on any atom is 0.255 e. The van der Waals surface area contributed by atoms with E-state index in [1.807, 2.05) is 25.9 Å². The van der Waals surface area contributed by atoms with Crippen molar-refractivity contribution in [3.8, 4) is 0 Å². The van der Waals surface area contributed by atoms with Crippen LogP contribution in [0.2, 0.25) is 0 Å². The molecule has 0 bridgehead atoms. The van der Waals surface area contributed by atoms with Crippen molar-refractivity contribution in [2.45, 2.75) is 20.0 Å². The molecule has 1 amide bonds. The van der Waals surface area contributed by atoms with Crippen LogP contribution in [-0.4, -0.2) is 32.7 Å². The third-order valence-corrected chi connectivity index (χ3v) is 4.25. The van der Waals surface area contributed by atoms with Crippen molar-refractivity contribution in [2.75, 3.05) is 19.0 Å². The van der Waals surface area contributed by atoms with Crippen LogP contribution in [0.4, 0.5) is 5.69 Å². The summed E-state index contributed by atoms with van der Waals surface area (Å²) in [6, 6.07) is 12.6. The lowest BCUT2D eigenvalue weighted by Gasteiger charge is -2.17. The number of hydrogen-bond donors (Lipinski definition) is 0. The zero-order valence-electron chi connectivity index (χ0n) is 13.7. The maximum atomic E-state index is 12.6. The summed E-state index contributed by atoms with van der Waals surface area (Å²) in [5.74, 6) is 0.157. The van der Waals surface area contributed by atoms with Gasteiger partial charge >= 0.3 is 0 Å². The number of carbonyl (C=O) groups is 1. The van der Waals surface area contributed by atoms with Crippen LogP contribution in [0.3, 0.4) is 0 Å². The molecule has 2 aromatic carbocycles. The molecule has 4 heteroatoms. The Morgan fingerprint density at radius 2 is 1.86 bits per heavy atom. The highest BCUT2D eigenvalue weighted by atomic mass is 16.2. The summed E-state index contributed by atoms with van der Waals surface area (Å²) >= 11 is 0. The Kier molecular flexibility index (Phi) is 3.69. The summed E-state index contributed by atoms with van der Waals surface area (Å²) < 4.78 is 0. The molecule has 0 atom stereocenters. The molecule has 0 fully saturated rings. The van der Waals surface area contributed by atoms with Crippen LogP contribution >= 0.6 is 0 Å². The first-order valence-corrected chi connectivity index (χ1v) is 7.61. The van der Waals surface area contributed by atoms with Gasteiger partial charge in [-0.25, -0.2) is 0 Å². The number of nitrogens with zero attached hydrogens (tertiary/aromatic N) is 2. The zero-order chi connectivity index (χ0) is 15.9. The number of benzene rings is 2. The van der Waals surface area contributed by atoms with Crippen LogP contribution in [-0.2, 0) is 13.1 Å². The van der Waals surface area contributed by atoms with Crippen molar-refractivity contribution >= 4 is 24.9 Å². The second-order valence-electron chi connectivity index (χ2n) is 6.34. The Hall–Kier alpha value is -2.23. The van der Waals surface area contributed by atoms with Crippen molar-refractivity contribution < 1.29 is 4.79 Å². The fourth-order valence-electron chi connectivity index (χ4n) is 3.17. The standard InChI is InChI=1S/C18H21BN2O/c1-12-8-15(19)9-14-11-21(18(22)17(12)14)10-13-4-6-16(7-5-13)20(2)3/h4-9H,10-11,19H2,1-3H3. The van der Waals surface area contributed by atoms with Gasteiger partial charge in [-0.05, 0) is 35.7 Å². The number of anilines is 1. The molecule has 0 spiro atoms. The van der Waals surface area contributed by atoms with Gasteiger partial charge in [0.2, 0.25) is 0 Å². The fraction of sp³-hybridized carbons (Fsp3) is 0.278. The first-order chi connectivity index (χ1) is 10.5. The van der Waals surface area contributed by atoms with Crippen LogP contribution in [0.25, 0.3) is 0 Å². The fourth-order valence-corrected chi connectivity index (χ4v) is 3.17. The van der Waals surface area contributed by atoms with E-state index >= 15 is 0 Å². The summed E-state index contributed by atoms with van der Waals surface area (Å²) in [5, 5.41) is 0. The van der Waals surface area contributed by atoms with Crippen LogP contribution in [0.1, 0.15) is 27.0 Å². The van der Waals surface area contributed by atoms with E-state index in [9.17, 15) is 4.79 Å². The zero-order valence-corrected chi connectivity index (χ0v) is 13.7. The van der Waals surface area contributed by atoms with Gasteiger partial charge in [0, 0.05) is 38.4 Å². The molecular formula is C18H21BN2O. The molecule has 2 aromatic rings. The van der Waals surface area contributed by atoms with Crippen LogP contribution in [0.5, 0.6) is 0 Å². The van der Waals surface area contributed by atoms with Gasteiger partial charge in [-0.3, -0.25) is 4.79 Å². The molecule has 3 nitrogen and oxygen atoms in total. The molecule has 0 saturated heterocycles. The van der Waals surface area contributed by atoms with Crippen molar-refractivity contribution in [3.05, 3.63) is 58.7 Å². The number of hydrogen-bond acceptors (Lipinski definition) is 2. The van der Waals surface area contributed by atoms with Gasteiger partial charge in [0.1, 0.15) is 7.85 Å². The third kappa shape index (κ3) is 2.61. The largest absolute Gasteiger partial charge is 0.378 e. The van der Waals surface area contributed by atoms with Crippen molar-refractivity contribution in [3.63, 3.8) is 0 Å². The second kappa shape index (κ2) is 5.52. The highest BCUT2D eigenvalue weighted by Gasteiger charge is 2.28. The predicted molar refractivity (Wildman–Crippen MR) is 93.7 cm³/mol. The Morgan fingerprint density at radius 3 is 2.50 bits per heavy atom. The molecule has 0 unspecified atom stereocenters. The highest BCUT2D eigenvalue weighted by Crippen LogP contribution is 2.26. The van der Waals surface area contributed by atoms with Gasteiger partial charge < -0.3 is 9.80 Å². The summed E-state index contributed by atoms with van der Waals surface area (Å²) in [6.07, 6.45) is 0. The topological polar surface area (TPSA) is 23.6 Å². The monoisotopic (exact) mass is 292 g/mol. The van der Waals surface area contributed by atoms with Gasteiger partial charge in [0.05, 0.1) is 0 Å². The molecule has 0 aromatic heterocycles. The minimum Gasteiger partial charge on any atom is -0.378 e. The molecule has 0 radical (unpaired) electrons. The summed E-state index contributed by atoms with van der Waals surface area (Å²) in [4.78, 5) is 16.6. The van der Waals surface area contributed by atoms with E-state index in [-0.39, 0.29) is 5.91 Å². The lowest BCUT2D eigenvalue weighted by atomic mass is 9.90. The summed E-state index contributed by atoms with van der Waals surface area (Å²) in [5.41, 5.74) is 6.71. The molecule has 0 N–H and O–H groups in total. The second-order valence-corrected chi connectivity index (χ2v) is 6.34. The van der Waals surface area contributed by atoms with E-state index < -0.39 is 0 Å². The number of carbonyl (C=O) groups excluding carboxylic acids is 1. The molecule has 1 heterocycles. The average Bonchev–Trinajstić information content (AvgIpc) is 2.75. The quantitative estimate of drug-likeness (QED) is 0.800. The van der Waals surface area contributed by atoms with E-state index in [4.69, 9.17) is 0 Å². The van der Waals surface area contributed by atoms with E-state index in [0.29, 0.717) is 13.1 Å². The van der Waals surface area contributed by atoms with Crippen molar-refractivity contribution in [1.29, 1.82) is 0 Å². The van der Waals surface area contributed by atoms with E-state index in [1.54, 1.807) is 0 Å². The normalized spacial score (nSPS) is 13.4. The molecule has 1 aliphatic rings. The SMILES string of the molecule is Bc1cc(C)c2c(c1)CN(Cc1ccc(N(C)C)cc1)C2=O. The van der Waals surface area contributed by atoms with Gasteiger partial charge in [-0.1, -0.05) is 29.7 Å². The van der Waals surface area contributed by atoms with Crippen LogP contribution in [0.15, 0.2) is 36.4 Å². The smallest absolute Gasteiger partial charge is 0.255 e. The lowest BCUT2D eigenvalue weighted by molar-refractivity contribution is 0.0766. The molecular weight excluding hydrogens is 271 g/mol. The Morgan fingerprint density at radius 1 is 1.18 bits per heavy atom. The Balaban J connectivity index is 1.80. The molecule has 22 heavy (non-hydrogen) atoms. The summed E-state index contributed by atoms with van der Waals surface area (Å²) in [7, 11) is 6.14. The first-order valence-electron chi connectivity index (χ1n) is 7.61. The van der Waals surface area contributed by atoms with Crippen molar-refractivity contribution in [2.24, 2.45) is 0 Å². The molecule has 0 saturated carbocycles. The van der Waals surface area contributed by atoms with Gasteiger partial charge in [0.15, 0.2) is 0 Å². The summed E-state index contributed by atoms with van der Waals surface area (Å²) in [6.45, 7) is 3.41. The number of aryl methyl sites for hydroxylation is 1. The van der Waals surface area contributed by atoms with E-state index in [1.165, 1.54) is 16.7 Å². The minimum atomic E-state index is 0.157. The third-order valence-electron chi connectivity index (χ3n) is 4.25. The first kappa shape index (κ1) is 14.7. The average molecular weight is 292 g/mol. The maximum absolute atomic E-state index is 12.6. The van der Waals surface area contributed by atoms with Gasteiger partial charge in [0.25, 0.3) is 5.91 Å². The van der Waals surface area contributed by atoms with Gasteiger partial charge in [-0.15, -0.1) is 0 Å². The highest BCUT2D eigenvalue weighted by molar-refractivity contribution is 6.32. The van der Waals surface area contributed by atoms with Gasteiger partial charge in [-0.2, -0.15) is 0 Å². The van der Waals surface area contributed by atoms with E-state index in [2.05, 4.69) is 49.1 Å². The molecule has 3 rings (SSSR count). The van der Waals surface area contributed by atoms with Crippen LogP contribution < -0.4 is 10.4 Å². The number of amides is 1. The van der Waals surface area contributed by atoms with Crippen molar-refractivity contribution in [1.82, 2.24) is 4.90 Å². The van der Waals surface area contributed by atoms with Crippen LogP contribution in [0, 0.1) is 6.92 Å². The Bertz CT molecular complexity index is 723. The minimum absolute atomic E-state index is 0.157. The number of fused-ring (bicyclic) bond motifs is 1. The van der Waals surface area contributed by atoms with E-state index in [0.717, 1.165) is 16.7 Å². The molecule has 112 valence electrons. The lowest BCUT2D eigenvalue weighted by Crippen LogP contribution is -2.23. The molecule has 1 aliphatic heterocycles. The number of rotatable bonds is 3. The molecule has 0 aliphatic carbocycles.